The topological polar surface area (TPSA) is 29.9 Å². The first-order valence-corrected chi connectivity index (χ1v) is 3.09. The van der Waals surface area contributed by atoms with E-state index in [9.17, 15) is 0 Å². The lowest BCUT2D eigenvalue weighted by Gasteiger charge is -1.76. The highest BCUT2D eigenvalue weighted by Gasteiger charge is 2.08. The summed E-state index contributed by atoms with van der Waals surface area (Å²) in [7, 11) is 1.83. The molecular weight excluding hydrogens is 128 g/mol. The van der Waals surface area contributed by atoms with Gasteiger partial charge in [-0.05, 0) is 12.1 Å². The van der Waals surface area contributed by atoms with E-state index in [1.807, 2.05) is 31.3 Å². The van der Waals surface area contributed by atoms with Gasteiger partial charge in [-0.25, -0.2) is 0 Å². The molecule has 2 aromatic rings. The standard InChI is InChI=1S/C7H7N2O/c1-9-7-5-3-2-4-6(7)8-10-9/h2-5H,1H3/q+1. The summed E-state index contributed by atoms with van der Waals surface area (Å²) < 4.78 is 6.52. The first kappa shape index (κ1) is 5.41. The Labute approximate surface area is 57.8 Å². The maximum atomic E-state index is 4.88. The molecule has 2 rings (SSSR count). The van der Waals surface area contributed by atoms with Gasteiger partial charge in [0.05, 0.1) is 0 Å². The van der Waals surface area contributed by atoms with Crippen LogP contribution in [-0.4, -0.2) is 5.16 Å². The molecule has 0 aliphatic heterocycles. The van der Waals surface area contributed by atoms with Crippen LogP contribution in [-0.2, 0) is 7.05 Å². The summed E-state index contributed by atoms with van der Waals surface area (Å²) in [5.41, 5.74) is 1.91. The molecular formula is C7H7N2O+. The zero-order valence-electron chi connectivity index (χ0n) is 5.61. The van der Waals surface area contributed by atoms with E-state index in [0.29, 0.717) is 0 Å². The average molecular weight is 135 g/mol. The van der Waals surface area contributed by atoms with Gasteiger partial charge in [-0.1, -0.05) is 21.5 Å². The molecule has 0 fully saturated rings. The molecule has 0 N–H and O–H groups in total. The predicted molar refractivity (Wildman–Crippen MR) is 35.2 cm³/mol. The highest BCUT2D eigenvalue weighted by Crippen LogP contribution is 2.03. The Hall–Kier alpha value is -1.38. The maximum Gasteiger partial charge on any atom is 0.273 e. The van der Waals surface area contributed by atoms with Gasteiger partial charge in [0.25, 0.3) is 5.52 Å². The van der Waals surface area contributed by atoms with Gasteiger partial charge in [0.2, 0.25) is 5.52 Å². The molecule has 0 saturated carbocycles. The molecule has 3 heteroatoms. The normalized spacial score (nSPS) is 10.5. The lowest BCUT2D eigenvalue weighted by molar-refractivity contribution is -0.834. The van der Waals surface area contributed by atoms with Gasteiger partial charge in [0.1, 0.15) is 7.05 Å². The molecule has 3 nitrogen and oxygen atoms in total. The summed E-state index contributed by atoms with van der Waals surface area (Å²) in [5.74, 6) is 0. The summed E-state index contributed by atoms with van der Waals surface area (Å²) in [4.78, 5) is 0. The molecule has 1 heterocycles. The Kier molecular flexibility index (Phi) is 0.974. The Morgan fingerprint density at radius 1 is 1.40 bits per heavy atom. The summed E-state index contributed by atoms with van der Waals surface area (Å²) in [6, 6.07) is 7.77. The SMILES string of the molecule is C[n+]1onc2ccccc21. The number of aryl methyl sites for hydroxylation is 1. The van der Waals surface area contributed by atoms with Crippen LogP contribution in [0.2, 0.25) is 0 Å². The van der Waals surface area contributed by atoms with Crippen molar-refractivity contribution in [3.05, 3.63) is 24.3 Å². The lowest BCUT2D eigenvalue weighted by atomic mass is 10.3. The van der Waals surface area contributed by atoms with E-state index in [-0.39, 0.29) is 0 Å². The van der Waals surface area contributed by atoms with Crippen molar-refractivity contribution in [2.24, 2.45) is 7.05 Å². The highest BCUT2D eigenvalue weighted by atomic mass is 16.6. The van der Waals surface area contributed by atoms with Crippen molar-refractivity contribution in [2.45, 2.75) is 0 Å². The van der Waals surface area contributed by atoms with E-state index in [1.54, 1.807) is 4.74 Å². The summed E-state index contributed by atoms with van der Waals surface area (Å²) >= 11 is 0. The molecule has 1 aromatic heterocycles. The van der Waals surface area contributed by atoms with Crippen LogP contribution in [0.4, 0.5) is 0 Å². The van der Waals surface area contributed by atoms with E-state index in [1.165, 1.54) is 0 Å². The average Bonchev–Trinajstić information content (AvgIpc) is 2.34. The maximum absolute atomic E-state index is 4.88. The van der Waals surface area contributed by atoms with Crippen LogP contribution in [0.1, 0.15) is 0 Å². The second kappa shape index (κ2) is 1.80. The van der Waals surface area contributed by atoms with E-state index in [0.717, 1.165) is 11.0 Å². The van der Waals surface area contributed by atoms with Gasteiger partial charge >= 0.3 is 0 Å². The first-order chi connectivity index (χ1) is 4.88. The largest absolute Gasteiger partial charge is 0.273 e. The zero-order valence-corrected chi connectivity index (χ0v) is 5.61. The summed E-state index contributed by atoms with van der Waals surface area (Å²) in [6.45, 7) is 0. The second-order valence-electron chi connectivity index (χ2n) is 2.16. The molecule has 0 radical (unpaired) electrons. The monoisotopic (exact) mass is 135 g/mol. The quantitative estimate of drug-likeness (QED) is 0.496. The van der Waals surface area contributed by atoms with Crippen LogP contribution in [0.25, 0.3) is 11.0 Å². The number of para-hydroxylation sites is 1. The molecule has 10 heavy (non-hydrogen) atoms. The third-order valence-electron chi connectivity index (χ3n) is 1.48. The van der Waals surface area contributed by atoms with Gasteiger partial charge in [-0.15, -0.1) is 0 Å². The van der Waals surface area contributed by atoms with Crippen molar-refractivity contribution in [3.8, 4) is 0 Å². The Balaban J connectivity index is 2.93. The summed E-state index contributed by atoms with van der Waals surface area (Å²) in [6.07, 6.45) is 0. The molecule has 0 saturated heterocycles. The first-order valence-electron chi connectivity index (χ1n) is 3.09. The molecule has 1 aromatic carbocycles. The molecule has 0 aliphatic rings. The fraction of sp³-hybridized carbons (Fsp3) is 0.143. The number of benzene rings is 1. The van der Waals surface area contributed by atoms with Crippen molar-refractivity contribution in [1.82, 2.24) is 5.16 Å². The predicted octanol–water partition coefficient (Wildman–Crippen LogP) is 0.652. The number of nitrogens with zero attached hydrogens (tertiary/aromatic N) is 2. The lowest BCUT2D eigenvalue weighted by Crippen LogP contribution is -2.24. The Morgan fingerprint density at radius 3 is 3.00 bits per heavy atom. The number of hydrogen-bond acceptors (Lipinski definition) is 2. The van der Waals surface area contributed by atoms with Crippen LogP contribution < -0.4 is 4.74 Å². The van der Waals surface area contributed by atoms with Crippen molar-refractivity contribution >= 4 is 11.0 Å². The third-order valence-corrected chi connectivity index (χ3v) is 1.48. The second-order valence-corrected chi connectivity index (χ2v) is 2.16. The van der Waals surface area contributed by atoms with E-state index in [2.05, 4.69) is 5.16 Å². The van der Waals surface area contributed by atoms with Crippen molar-refractivity contribution in [3.63, 3.8) is 0 Å². The minimum Gasteiger partial charge on any atom is -0.0844 e. The van der Waals surface area contributed by atoms with Crippen molar-refractivity contribution < 1.29 is 9.37 Å². The van der Waals surface area contributed by atoms with Crippen LogP contribution in [0.5, 0.6) is 0 Å². The summed E-state index contributed by atoms with van der Waals surface area (Å²) in [5, 5.41) is 3.81. The molecule has 0 atom stereocenters. The number of fused-ring (bicyclic) bond motifs is 1. The highest BCUT2D eigenvalue weighted by molar-refractivity contribution is 5.69. The van der Waals surface area contributed by atoms with Crippen molar-refractivity contribution in [1.29, 1.82) is 0 Å². The Morgan fingerprint density at radius 2 is 2.20 bits per heavy atom. The number of hydrogen-bond donors (Lipinski definition) is 0. The van der Waals surface area contributed by atoms with Gasteiger partial charge in [0.15, 0.2) is 5.16 Å². The minimum absolute atomic E-state index is 0.894. The fourth-order valence-electron chi connectivity index (χ4n) is 0.957. The van der Waals surface area contributed by atoms with E-state index >= 15 is 0 Å². The van der Waals surface area contributed by atoms with Gasteiger partial charge in [-0.2, -0.15) is 0 Å². The molecule has 50 valence electrons. The number of rotatable bonds is 0. The smallest absolute Gasteiger partial charge is 0.0844 e. The van der Waals surface area contributed by atoms with Gasteiger partial charge in [0, 0.05) is 0 Å². The van der Waals surface area contributed by atoms with Gasteiger partial charge in [-0.3, -0.25) is 0 Å². The van der Waals surface area contributed by atoms with Crippen LogP contribution in [0.15, 0.2) is 28.9 Å². The molecule has 0 bridgehead atoms. The van der Waals surface area contributed by atoms with E-state index < -0.39 is 0 Å². The van der Waals surface area contributed by atoms with Crippen LogP contribution in [0, 0.1) is 0 Å². The zero-order chi connectivity index (χ0) is 6.97. The van der Waals surface area contributed by atoms with Gasteiger partial charge < -0.3 is 0 Å². The van der Waals surface area contributed by atoms with E-state index in [4.69, 9.17) is 4.63 Å². The molecule has 0 amide bonds. The van der Waals surface area contributed by atoms with Crippen LogP contribution >= 0.6 is 0 Å². The molecule has 0 unspecified atom stereocenters. The van der Waals surface area contributed by atoms with Crippen molar-refractivity contribution in [2.75, 3.05) is 0 Å². The fourth-order valence-corrected chi connectivity index (χ4v) is 0.957. The molecule has 0 aliphatic carbocycles. The third kappa shape index (κ3) is 0.603. The van der Waals surface area contributed by atoms with Crippen LogP contribution in [0.3, 0.4) is 0 Å². The molecule has 0 spiro atoms. The number of aromatic nitrogens is 2. The Bertz CT molecular complexity index is 353. The minimum atomic E-state index is 0.894.